The lowest BCUT2D eigenvalue weighted by Crippen LogP contribution is -2.32. The molecule has 0 amide bonds. The minimum atomic E-state index is -1.47. The normalized spacial score (nSPS) is 17.4. The Kier molecular flexibility index (Phi) is 8.27. The van der Waals surface area contributed by atoms with Crippen LogP contribution < -0.4 is 0 Å². The van der Waals surface area contributed by atoms with E-state index in [1.165, 1.54) is 0 Å². The number of hydrogen-bond donors (Lipinski definition) is 2. The Balaban J connectivity index is 3.45. The molecule has 4 nitrogen and oxygen atoms in total. The third-order valence-corrected chi connectivity index (χ3v) is 6.65. The Morgan fingerprint density at radius 2 is 2.07 bits per heavy atom. The first-order valence-corrected chi connectivity index (χ1v) is 8.32. The number of ether oxygens (including phenoxy) is 1. The van der Waals surface area contributed by atoms with Gasteiger partial charge in [0.25, 0.3) is 0 Å². The summed E-state index contributed by atoms with van der Waals surface area (Å²) in [5.41, 5.74) is 0. The summed E-state index contributed by atoms with van der Waals surface area (Å²) in [6.45, 7) is 4.98. The Morgan fingerprint density at radius 1 is 1.40 bits per heavy atom. The molecule has 92 valence electrons. The van der Waals surface area contributed by atoms with Crippen LogP contribution in [0.15, 0.2) is 0 Å². The van der Waals surface area contributed by atoms with Gasteiger partial charge in [-0.1, -0.05) is 6.92 Å². The van der Waals surface area contributed by atoms with E-state index in [-0.39, 0.29) is 13.2 Å². The van der Waals surface area contributed by atoms with Crippen LogP contribution in [0.5, 0.6) is 0 Å². The van der Waals surface area contributed by atoms with E-state index in [9.17, 15) is 0 Å². The summed E-state index contributed by atoms with van der Waals surface area (Å²) >= 11 is 0. The summed E-state index contributed by atoms with van der Waals surface area (Å²) < 4.78 is 10.8. The summed E-state index contributed by atoms with van der Waals surface area (Å²) in [7, 11) is 0.309. The molecule has 0 bridgehead atoms. The Labute approximate surface area is 93.3 Å². The van der Waals surface area contributed by atoms with Gasteiger partial charge in [0.1, 0.15) is 6.10 Å². The van der Waals surface area contributed by atoms with Crippen LogP contribution in [0.4, 0.5) is 0 Å². The van der Waals surface area contributed by atoms with E-state index >= 15 is 0 Å². The standard InChI is InChI=1S/C10H24O4Si/c1-4-15(3,13-2)7-5-6-14-9-10(12)8-11/h10-12H,4-9H2,1-3H3. The van der Waals surface area contributed by atoms with Crippen molar-refractivity contribution in [1.82, 2.24) is 0 Å². The van der Waals surface area contributed by atoms with Crippen molar-refractivity contribution in [2.45, 2.75) is 38.1 Å². The van der Waals surface area contributed by atoms with Gasteiger partial charge in [0.2, 0.25) is 0 Å². The van der Waals surface area contributed by atoms with E-state index in [1.54, 1.807) is 7.11 Å². The van der Waals surface area contributed by atoms with Gasteiger partial charge in [0.15, 0.2) is 8.32 Å². The fraction of sp³-hybridized carbons (Fsp3) is 1.00. The Bertz CT molecular complexity index is 150. The highest BCUT2D eigenvalue weighted by molar-refractivity contribution is 6.72. The van der Waals surface area contributed by atoms with Crippen molar-refractivity contribution >= 4 is 8.32 Å². The first-order valence-electron chi connectivity index (χ1n) is 5.49. The van der Waals surface area contributed by atoms with E-state index in [2.05, 4.69) is 13.5 Å². The first kappa shape index (κ1) is 15.1. The third kappa shape index (κ3) is 7.02. The Hall–Kier alpha value is 0.0569. The Morgan fingerprint density at radius 3 is 2.53 bits per heavy atom. The smallest absolute Gasteiger partial charge is 0.189 e. The van der Waals surface area contributed by atoms with Crippen molar-refractivity contribution < 1.29 is 19.4 Å². The SMILES string of the molecule is CC[Si](C)(CCCOCC(O)CO)OC. The summed E-state index contributed by atoms with van der Waals surface area (Å²) in [6.07, 6.45) is 0.213. The van der Waals surface area contributed by atoms with Gasteiger partial charge in [-0.3, -0.25) is 0 Å². The molecule has 0 aliphatic rings. The third-order valence-electron chi connectivity index (χ3n) is 2.76. The first-order chi connectivity index (χ1) is 7.08. The largest absolute Gasteiger partial charge is 0.420 e. The van der Waals surface area contributed by atoms with Gasteiger partial charge in [-0.2, -0.15) is 0 Å². The van der Waals surface area contributed by atoms with Crippen LogP contribution in [0.3, 0.4) is 0 Å². The van der Waals surface area contributed by atoms with Crippen LogP contribution in [0, 0.1) is 0 Å². The summed E-state index contributed by atoms with van der Waals surface area (Å²) in [5.74, 6) is 0. The summed E-state index contributed by atoms with van der Waals surface area (Å²) in [6, 6.07) is 2.19. The highest BCUT2D eigenvalue weighted by Gasteiger charge is 2.24. The average molecular weight is 236 g/mol. The zero-order chi connectivity index (χ0) is 11.7. The maximum atomic E-state index is 9.02. The van der Waals surface area contributed by atoms with Crippen molar-refractivity contribution in [3.8, 4) is 0 Å². The molecule has 2 N–H and O–H groups in total. The van der Waals surface area contributed by atoms with Gasteiger partial charge in [0, 0.05) is 13.7 Å². The lowest BCUT2D eigenvalue weighted by atomic mass is 10.4. The van der Waals surface area contributed by atoms with Gasteiger partial charge >= 0.3 is 0 Å². The van der Waals surface area contributed by atoms with Crippen molar-refractivity contribution in [3.05, 3.63) is 0 Å². The minimum absolute atomic E-state index is 0.216. The second-order valence-corrected chi connectivity index (χ2v) is 8.54. The predicted octanol–water partition coefficient (Wildman–Crippen LogP) is 0.988. The fourth-order valence-corrected chi connectivity index (χ4v) is 2.98. The van der Waals surface area contributed by atoms with E-state index < -0.39 is 14.4 Å². The minimum Gasteiger partial charge on any atom is -0.420 e. The molecule has 0 rings (SSSR count). The van der Waals surface area contributed by atoms with Crippen molar-refractivity contribution in [1.29, 1.82) is 0 Å². The predicted molar refractivity (Wildman–Crippen MR) is 62.4 cm³/mol. The monoisotopic (exact) mass is 236 g/mol. The highest BCUT2D eigenvalue weighted by atomic mass is 28.4. The van der Waals surface area contributed by atoms with Crippen LogP contribution in [-0.4, -0.2) is 51.6 Å². The quantitative estimate of drug-likeness (QED) is 0.463. The zero-order valence-electron chi connectivity index (χ0n) is 10.0. The number of rotatable bonds is 9. The molecule has 5 heteroatoms. The number of aliphatic hydroxyl groups is 2. The van der Waals surface area contributed by atoms with Gasteiger partial charge in [-0.25, -0.2) is 0 Å². The average Bonchev–Trinajstić information content (AvgIpc) is 2.27. The van der Waals surface area contributed by atoms with Crippen LogP contribution >= 0.6 is 0 Å². The second kappa shape index (κ2) is 8.24. The number of aliphatic hydroxyl groups excluding tert-OH is 2. The molecule has 0 heterocycles. The van der Waals surface area contributed by atoms with Gasteiger partial charge < -0.3 is 19.4 Å². The van der Waals surface area contributed by atoms with E-state index in [4.69, 9.17) is 19.4 Å². The second-order valence-electron chi connectivity index (χ2n) is 4.02. The van der Waals surface area contributed by atoms with Gasteiger partial charge in [-0.15, -0.1) is 0 Å². The van der Waals surface area contributed by atoms with E-state index in [1.807, 2.05) is 0 Å². The molecule has 0 fully saturated rings. The van der Waals surface area contributed by atoms with Crippen LogP contribution in [-0.2, 0) is 9.16 Å². The fourth-order valence-electron chi connectivity index (χ4n) is 1.24. The molecule has 0 saturated carbocycles. The maximum Gasteiger partial charge on any atom is 0.189 e. The molecular weight excluding hydrogens is 212 g/mol. The molecule has 2 unspecified atom stereocenters. The van der Waals surface area contributed by atoms with E-state index in [0.717, 1.165) is 18.5 Å². The van der Waals surface area contributed by atoms with Gasteiger partial charge in [0.05, 0.1) is 13.2 Å². The molecule has 0 aromatic rings. The zero-order valence-corrected chi connectivity index (χ0v) is 11.0. The summed E-state index contributed by atoms with van der Waals surface area (Å²) in [4.78, 5) is 0. The van der Waals surface area contributed by atoms with Crippen molar-refractivity contribution in [2.24, 2.45) is 0 Å². The molecule has 0 radical (unpaired) electrons. The van der Waals surface area contributed by atoms with Crippen LogP contribution in [0.2, 0.25) is 18.6 Å². The van der Waals surface area contributed by atoms with Gasteiger partial charge in [-0.05, 0) is 25.1 Å². The van der Waals surface area contributed by atoms with Crippen LogP contribution in [0.25, 0.3) is 0 Å². The summed E-state index contributed by atoms with van der Waals surface area (Å²) in [5, 5.41) is 17.6. The number of hydrogen-bond acceptors (Lipinski definition) is 4. The highest BCUT2D eigenvalue weighted by Crippen LogP contribution is 2.17. The molecular formula is C10H24O4Si. The lowest BCUT2D eigenvalue weighted by molar-refractivity contribution is 0.00635. The molecule has 0 aromatic carbocycles. The van der Waals surface area contributed by atoms with Crippen molar-refractivity contribution in [3.63, 3.8) is 0 Å². The molecule has 0 saturated heterocycles. The molecule has 0 spiro atoms. The van der Waals surface area contributed by atoms with E-state index in [0.29, 0.717) is 6.61 Å². The molecule has 2 atom stereocenters. The molecule has 0 aliphatic heterocycles. The maximum absolute atomic E-state index is 9.02. The molecule has 0 aliphatic carbocycles. The topological polar surface area (TPSA) is 58.9 Å². The van der Waals surface area contributed by atoms with Crippen LogP contribution in [0.1, 0.15) is 13.3 Å². The molecule has 15 heavy (non-hydrogen) atoms. The molecule has 0 aromatic heterocycles. The van der Waals surface area contributed by atoms with Crippen molar-refractivity contribution in [2.75, 3.05) is 26.9 Å². The lowest BCUT2D eigenvalue weighted by Gasteiger charge is -2.23.